The molecular formula is C18H14ClFN4O. The van der Waals surface area contributed by atoms with Crippen LogP contribution in [0, 0.1) is 5.82 Å². The minimum atomic E-state index is -0.541. The lowest BCUT2D eigenvalue weighted by atomic mass is 10.2. The van der Waals surface area contributed by atoms with E-state index < -0.39 is 11.7 Å². The quantitative estimate of drug-likeness (QED) is 0.721. The van der Waals surface area contributed by atoms with Crippen molar-refractivity contribution in [1.82, 2.24) is 9.97 Å². The molecule has 3 rings (SSSR count). The van der Waals surface area contributed by atoms with Crippen LogP contribution in [0.25, 0.3) is 0 Å². The maximum absolute atomic E-state index is 13.1. The van der Waals surface area contributed by atoms with Gasteiger partial charge in [-0.05, 0) is 42.5 Å². The highest BCUT2D eigenvalue weighted by Crippen LogP contribution is 2.20. The van der Waals surface area contributed by atoms with Crippen LogP contribution in [0.5, 0.6) is 0 Å². The fourth-order valence-electron chi connectivity index (χ4n) is 2.10. The standard InChI is InChI=1S/C18H14ClFN4O/c19-15-9-12(4-6-16(15)20)24-18(25)17-7-5-14(11-23-17)22-10-13-3-1-2-8-21-13/h1-9,11,22H,10H2,(H,24,25). The van der Waals surface area contributed by atoms with Crippen LogP contribution in [0.2, 0.25) is 5.02 Å². The van der Waals surface area contributed by atoms with Gasteiger partial charge in [0.25, 0.3) is 5.91 Å². The molecule has 5 nitrogen and oxygen atoms in total. The lowest BCUT2D eigenvalue weighted by Crippen LogP contribution is -2.13. The normalized spacial score (nSPS) is 10.3. The number of nitrogens with one attached hydrogen (secondary N) is 2. The van der Waals surface area contributed by atoms with Crippen LogP contribution in [-0.4, -0.2) is 15.9 Å². The second-order valence-corrected chi connectivity index (χ2v) is 5.60. The van der Waals surface area contributed by atoms with Gasteiger partial charge in [0.2, 0.25) is 0 Å². The number of aromatic nitrogens is 2. The molecular weight excluding hydrogens is 343 g/mol. The smallest absolute Gasteiger partial charge is 0.274 e. The molecule has 2 heterocycles. The molecule has 25 heavy (non-hydrogen) atoms. The summed E-state index contributed by atoms with van der Waals surface area (Å²) in [5.41, 5.74) is 2.31. The minimum Gasteiger partial charge on any atom is -0.378 e. The van der Waals surface area contributed by atoms with E-state index in [1.54, 1.807) is 24.5 Å². The summed E-state index contributed by atoms with van der Waals surface area (Å²) in [6.07, 6.45) is 3.29. The second-order valence-electron chi connectivity index (χ2n) is 5.19. The van der Waals surface area contributed by atoms with Gasteiger partial charge in [0.15, 0.2) is 0 Å². The first-order valence-corrected chi connectivity index (χ1v) is 7.86. The van der Waals surface area contributed by atoms with Crippen molar-refractivity contribution < 1.29 is 9.18 Å². The molecule has 0 spiro atoms. The summed E-state index contributed by atoms with van der Waals surface area (Å²) in [6, 6.07) is 13.0. The Kier molecular flexibility index (Phi) is 5.20. The monoisotopic (exact) mass is 356 g/mol. The first-order chi connectivity index (χ1) is 12.1. The van der Waals surface area contributed by atoms with Crippen molar-refractivity contribution >= 4 is 28.9 Å². The predicted molar refractivity (Wildman–Crippen MR) is 95.2 cm³/mol. The van der Waals surface area contributed by atoms with E-state index in [0.29, 0.717) is 12.2 Å². The van der Waals surface area contributed by atoms with E-state index in [1.165, 1.54) is 18.2 Å². The van der Waals surface area contributed by atoms with Crippen molar-refractivity contribution in [3.63, 3.8) is 0 Å². The molecule has 2 aromatic heterocycles. The molecule has 0 unspecified atom stereocenters. The number of carbonyl (C=O) groups is 1. The molecule has 0 aliphatic heterocycles. The van der Waals surface area contributed by atoms with E-state index in [-0.39, 0.29) is 10.7 Å². The maximum Gasteiger partial charge on any atom is 0.274 e. The average Bonchev–Trinajstić information content (AvgIpc) is 2.64. The number of nitrogens with zero attached hydrogens (tertiary/aromatic N) is 2. The zero-order chi connectivity index (χ0) is 17.6. The first-order valence-electron chi connectivity index (χ1n) is 7.48. The molecule has 0 aliphatic carbocycles. The van der Waals surface area contributed by atoms with Gasteiger partial charge in [-0.2, -0.15) is 0 Å². The Balaban J connectivity index is 1.61. The van der Waals surface area contributed by atoms with E-state index in [4.69, 9.17) is 11.6 Å². The van der Waals surface area contributed by atoms with Gasteiger partial charge in [-0.3, -0.25) is 9.78 Å². The highest BCUT2D eigenvalue weighted by Gasteiger charge is 2.09. The van der Waals surface area contributed by atoms with Crippen molar-refractivity contribution in [2.24, 2.45) is 0 Å². The lowest BCUT2D eigenvalue weighted by molar-refractivity contribution is 0.102. The summed E-state index contributed by atoms with van der Waals surface area (Å²) in [5, 5.41) is 5.74. The number of hydrogen-bond donors (Lipinski definition) is 2. The van der Waals surface area contributed by atoms with Crippen molar-refractivity contribution in [1.29, 1.82) is 0 Å². The molecule has 0 aliphatic rings. The van der Waals surface area contributed by atoms with Crippen LogP contribution in [0.1, 0.15) is 16.2 Å². The molecule has 2 N–H and O–H groups in total. The Bertz CT molecular complexity index is 872. The summed E-state index contributed by atoms with van der Waals surface area (Å²) in [6.45, 7) is 0.558. The molecule has 3 aromatic rings. The van der Waals surface area contributed by atoms with Crippen molar-refractivity contribution in [3.8, 4) is 0 Å². The molecule has 0 saturated carbocycles. The fourth-order valence-corrected chi connectivity index (χ4v) is 2.28. The van der Waals surface area contributed by atoms with E-state index in [9.17, 15) is 9.18 Å². The number of carbonyl (C=O) groups excluding carboxylic acids is 1. The second kappa shape index (κ2) is 7.72. The molecule has 1 aromatic carbocycles. The van der Waals surface area contributed by atoms with Gasteiger partial charge in [-0.15, -0.1) is 0 Å². The van der Waals surface area contributed by atoms with E-state index in [1.807, 2.05) is 18.2 Å². The van der Waals surface area contributed by atoms with Crippen LogP contribution in [0.15, 0.2) is 60.9 Å². The summed E-state index contributed by atoms with van der Waals surface area (Å²) in [4.78, 5) is 20.5. The lowest BCUT2D eigenvalue weighted by Gasteiger charge is -2.08. The number of rotatable bonds is 5. The van der Waals surface area contributed by atoms with E-state index in [0.717, 1.165) is 11.4 Å². The molecule has 0 radical (unpaired) electrons. The SMILES string of the molecule is O=C(Nc1ccc(F)c(Cl)c1)c1ccc(NCc2ccccn2)cn1. The number of halogens is 2. The third-order valence-electron chi connectivity index (χ3n) is 3.37. The highest BCUT2D eigenvalue weighted by atomic mass is 35.5. The third kappa shape index (κ3) is 4.51. The summed E-state index contributed by atoms with van der Waals surface area (Å²) in [5.74, 6) is -0.944. The Labute approximate surface area is 148 Å². The zero-order valence-corrected chi connectivity index (χ0v) is 13.8. The molecule has 0 fully saturated rings. The summed E-state index contributed by atoms with van der Waals surface area (Å²) >= 11 is 5.69. The topological polar surface area (TPSA) is 66.9 Å². The third-order valence-corrected chi connectivity index (χ3v) is 3.66. The number of anilines is 2. The number of benzene rings is 1. The number of amides is 1. The Morgan fingerprint density at radius 2 is 1.92 bits per heavy atom. The van der Waals surface area contributed by atoms with Gasteiger partial charge in [-0.25, -0.2) is 9.37 Å². The van der Waals surface area contributed by atoms with Gasteiger partial charge < -0.3 is 10.6 Å². The van der Waals surface area contributed by atoms with Crippen molar-refractivity contribution in [2.75, 3.05) is 10.6 Å². The van der Waals surface area contributed by atoms with Crippen LogP contribution in [-0.2, 0) is 6.54 Å². The molecule has 126 valence electrons. The van der Waals surface area contributed by atoms with Gasteiger partial charge >= 0.3 is 0 Å². The van der Waals surface area contributed by atoms with Crippen LogP contribution < -0.4 is 10.6 Å². The Hall–Kier alpha value is -2.99. The summed E-state index contributed by atoms with van der Waals surface area (Å²) in [7, 11) is 0. The minimum absolute atomic E-state index is 0.0557. The largest absolute Gasteiger partial charge is 0.378 e. The summed E-state index contributed by atoms with van der Waals surface area (Å²) < 4.78 is 13.1. The Morgan fingerprint density at radius 1 is 1.08 bits per heavy atom. The van der Waals surface area contributed by atoms with Crippen LogP contribution in [0.3, 0.4) is 0 Å². The first kappa shape index (κ1) is 16.9. The fraction of sp³-hybridized carbons (Fsp3) is 0.0556. The highest BCUT2D eigenvalue weighted by molar-refractivity contribution is 6.31. The molecule has 1 amide bonds. The number of pyridine rings is 2. The van der Waals surface area contributed by atoms with Crippen molar-refractivity contribution in [3.05, 3.63) is 83.2 Å². The molecule has 0 saturated heterocycles. The van der Waals surface area contributed by atoms with Gasteiger partial charge in [0.05, 0.1) is 29.1 Å². The zero-order valence-electron chi connectivity index (χ0n) is 13.0. The van der Waals surface area contributed by atoms with E-state index >= 15 is 0 Å². The van der Waals surface area contributed by atoms with Crippen LogP contribution >= 0.6 is 11.6 Å². The molecule has 0 atom stereocenters. The maximum atomic E-state index is 13.1. The Morgan fingerprint density at radius 3 is 2.60 bits per heavy atom. The molecule has 7 heteroatoms. The average molecular weight is 357 g/mol. The predicted octanol–water partition coefficient (Wildman–Crippen LogP) is 4.13. The van der Waals surface area contributed by atoms with E-state index in [2.05, 4.69) is 20.6 Å². The van der Waals surface area contributed by atoms with Gasteiger partial charge in [0, 0.05) is 11.9 Å². The number of hydrogen-bond acceptors (Lipinski definition) is 4. The van der Waals surface area contributed by atoms with Crippen molar-refractivity contribution in [2.45, 2.75) is 6.54 Å². The van der Waals surface area contributed by atoms with Gasteiger partial charge in [0.1, 0.15) is 11.5 Å². The van der Waals surface area contributed by atoms with Crippen LogP contribution in [0.4, 0.5) is 15.8 Å². The van der Waals surface area contributed by atoms with Gasteiger partial charge in [-0.1, -0.05) is 17.7 Å². The molecule has 0 bridgehead atoms.